The summed E-state index contributed by atoms with van der Waals surface area (Å²) < 4.78 is 0. The van der Waals surface area contributed by atoms with Crippen molar-refractivity contribution in [1.29, 1.82) is 0 Å². The van der Waals surface area contributed by atoms with E-state index in [4.69, 9.17) is 0 Å². The number of amides is 2. The Hall–Kier alpha value is -3.08. The Morgan fingerprint density at radius 1 is 1.07 bits per heavy atom. The molecule has 2 amide bonds. The number of carbonyl (C=O) groups is 2. The van der Waals surface area contributed by atoms with Gasteiger partial charge in [0, 0.05) is 29.6 Å². The zero-order chi connectivity index (χ0) is 20.8. The Bertz CT molecular complexity index is 1130. The molecular weight excluding hydrogens is 374 g/mol. The molecule has 5 rings (SSSR count). The highest BCUT2D eigenvalue weighted by Crippen LogP contribution is 2.43. The average Bonchev–Trinajstić information content (AvgIpc) is 3.13. The summed E-state index contributed by atoms with van der Waals surface area (Å²) in [7, 11) is 0. The Balaban J connectivity index is 1.68. The lowest BCUT2D eigenvalue weighted by Gasteiger charge is -2.47. The predicted molar refractivity (Wildman–Crippen MR) is 117 cm³/mol. The number of hydrogen-bond donors (Lipinski definition) is 1. The summed E-state index contributed by atoms with van der Waals surface area (Å²) >= 11 is 0. The van der Waals surface area contributed by atoms with Crippen molar-refractivity contribution in [1.82, 2.24) is 14.8 Å². The maximum atomic E-state index is 13.5. The van der Waals surface area contributed by atoms with Crippen molar-refractivity contribution in [2.45, 2.75) is 45.2 Å². The summed E-state index contributed by atoms with van der Waals surface area (Å²) in [6, 6.07) is 15.7. The number of carbonyl (C=O) groups excluding carboxylic acids is 2. The number of piperazine rings is 1. The predicted octanol–water partition coefficient (Wildman–Crippen LogP) is 3.96. The lowest BCUT2D eigenvalue weighted by atomic mass is 9.85. The van der Waals surface area contributed by atoms with Gasteiger partial charge in [0.25, 0.3) is 0 Å². The minimum Gasteiger partial charge on any atom is -0.356 e. The van der Waals surface area contributed by atoms with E-state index in [1.165, 1.54) is 5.56 Å². The molecule has 2 atom stereocenters. The van der Waals surface area contributed by atoms with Crippen LogP contribution in [-0.2, 0) is 16.0 Å². The van der Waals surface area contributed by atoms with Crippen LogP contribution in [0, 0.1) is 6.92 Å². The van der Waals surface area contributed by atoms with Gasteiger partial charge >= 0.3 is 0 Å². The number of H-pyrrole nitrogens is 1. The molecule has 1 N–H and O–H groups in total. The van der Waals surface area contributed by atoms with Crippen molar-refractivity contribution in [3.05, 3.63) is 70.9 Å². The molecule has 5 heteroatoms. The van der Waals surface area contributed by atoms with Gasteiger partial charge in [-0.3, -0.25) is 9.59 Å². The minimum atomic E-state index is -0.445. The SMILES string of the molecule is CCCCN1CC(=O)N2[C@@H](c3ccccc3C)c3[nH]c4ccccc4c3C[C@H]2C1=O. The molecule has 1 aromatic heterocycles. The van der Waals surface area contributed by atoms with Crippen LogP contribution in [0.15, 0.2) is 48.5 Å². The molecule has 3 heterocycles. The van der Waals surface area contributed by atoms with Crippen molar-refractivity contribution in [2.75, 3.05) is 13.1 Å². The molecular formula is C25H27N3O2. The first-order valence-corrected chi connectivity index (χ1v) is 10.8. The van der Waals surface area contributed by atoms with E-state index >= 15 is 0 Å². The van der Waals surface area contributed by atoms with E-state index in [1.807, 2.05) is 29.2 Å². The van der Waals surface area contributed by atoms with Crippen LogP contribution in [0.5, 0.6) is 0 Å². The summed E-state index contributed by atoms with van der Waals surface area (Å²) in [6.45, 7) is 5.01. The second kappa shape index (κ2) is 7.31. The molecule has 0 unspecified atom stereocenters. The van der Waals surface area contributed by atoms with E-state index < -0.39 is 6.04 Å². The highest BCUT2D eigenvalue weighted by molar-refractivity contribution is 5.97. The molecule has 0 bridgehead atoms. The van der Waals surface area contributed by atoms with E-state index in [9.17, 15) is 9.59 Å². The summed E-state index contributed by atoms with van der Waals surface area (Å²) in [5.41, 5.74) is 5.48. The number of benzene rings is 2. The van der Waals surface area contributed by atoms with Gasteiger partial charge in [-0.05, 0) is 36.1 Å². The first-order valence-electron chi connectivity index (χ1n) is 10.8. The lowest BCUT2D eigenvalue weighted by Crippen LogP contribution is -2.63. The van der Waals surface area contributed by atoms with Gasteiger partial charge in [0.15, 0.2) is 0 Å². The molecule has 30 heavy (non-hydrogen) atoms. The minimum absolute atomic E-state index is 0.0354. The molecule has 1 saturated heterocycles. The molecule has 2 aliphatic rings. The van der Waals surface area contributed by atoms with Crippen LogP contribution in [0.3, 0.4) is 0 Å². The molecule has 0 aliphatic carbocycles. The third-order valence-corrected chi connectivity index (χ3v) is 6.61. The second-order valence-corrected chi connectivity index (χ2v) is 8.46. The molecule has 154 valence electrons. The van der Waals surface area contributed by atoms with Gasteiger partial charge in [-0.2, -0.15) is 0 Å². The highest BCUT2D eigenvalue weighted by Gasteiger charge is 2.48. The van der Waals surface area contributed by atoms with Crippen molar-refractivity contribution >= 4 is 22.7 Å². The molecule has 0 spiro atoms. The smallest absolute Gasteiger partial charge is 0.246 e. The zero-order valence-corrected chi connectivity index (χ0v) is 17.5. The van der Waals surface area contributed by atoms with E-state index in [0.29, 0.717) is 13.0 Å². The van der Waals surface area contributed by atoms with Crippen molar-refractivity contribution in [2.24, 2.45) is 0 Å². The van der Waals surface area contributed by atoms with Crippen LogP contribution in [0.1, 0.15) is 48.2 Å². The van der Waals surface area contributed by atoms with Crippen LogP contribution in [0.4, 0.5) is 0 Å². The first-order chi connectivity index (χ1) is 14.6. The maximum Gasteiger partial charge on any atom is 0.246 e. The van der Waals surface area contributed by atoms with Gasteiger partial charge in [-0.15, -0.1) is 0 Å². The third-order valence-electron chi connectivity index (χ3n) is 6.61. The lowest BCUT2D eigenvalue weighted by molar-refractivity contribution is -0.158. The van der Waals surface area contributed by atoms with Crippen molar-refractivity contribution in [3.8, 4) is 0 Å². The quantitative estimate of drug-likeness (QED) is 0.719. The number of aromatic nitrogens is 1. The van der Waals surface area contributed by atoms with E-state index in [-0.39, 0.29) is 24.4 Å². The van der Waals surface area contributed by atoms with Gasteiger partial charge in [-0.25, -0.2) is 0 Å². The molecule has 2 aliphatic heterocycles. The number of aromatic amines is 1. The summed E-state index contributed by atoms with van der Waals surface area (Å²) in [6.07, 6.45) is 2.49. The topological polar surface area (TPSA) is 56.4 Å². The molecule has 0 saturated carbocycles. The first kappa shape index (κ1) is 18.9. The third kappa shape index (κ3) is 2.83. The van der Waals surface area contributed by atoms with Crippen LogP contribution >= 0.6 is 0 Å². The number of para-hydroxylation sites is 1. The molecule has 5 nitrogen and oxygen atoms in total. The Morgan fingerprint density at radius 2 is 1.83 bits per heavy atom. The molecule has 2 aromatic carbocycles. The van der Waals surface area contributed by atoms with E-state index in [0.717, 1.165) is 40.6 Å². The van der Waals surface area contributed by atoms with Crippen molar-refractivity contribution in [3.63, 3.8) is 0 Å². The second-order valence-electron chi connectivity index (χ2n) is 8.46. The summed E-state index contributed by atoms with van der Waals surface area (Å²) in [5.74, 6) is 0.117. The molecule has 3 aromatic rings. The van der Waals surface area contributed by atoms with Crippen LogP contribution in [-0.4, -0.2) is 45.7 Å². The fourth-order valence-electron chi connectivity index (χ4n) is 5.08. The maximum absolute atomic E-state index is 13.5. The van der Waals surface area contributed by atoms with Gasteiger partial charge in [0.2, 0.25) is 11.8 Å². The zero-order valence-electron chi connectivity index (χ0n) is 17.5. The number of unbranched alkanes of at least 4 members (excludes halogenated alkanes) is 1. The van der Waals surface area contributed by atoms with Gasteiger partial charge < -0.3 is 14.8 Å². The monoisotopic (exact) mass is 401 g/mol. The Morgan fingerprint density at radius 3 is 2.63 bits per heavy atom. The number of nitrogens with one attached hydrogen (secondary N) is 1. The number of rotatable bonds is 4. The van der Waals surface area contributed by atoms with E-state index in [2.05, 4.69) is 43.1 Å². The summed E-state index contributed by atoms with van der Waals surface area (Å²) in [4.78, 5) is 34.1. The molecule has 0 radical (unpaired) electrons. The standard InChI is InChI=1S/C25H27N3O2/c1-3-4-13-27-15-22(29)28-21(25(27)30)14-19-18-11-7-8-12-20(18)26-23(19)24(28)17-10-6-5-9-16(17)2/h5-12,21,24,26H,3-4,13-15H2,1-2H3/t21-,24-/m0/s1. The summed E-state index contributed by atoms with van der Waals surface area (Å²) in [5, 5.41) is 1.15. The number of nitrogens with zero attached hydrogens (tertiary/aromatic N) is 2. The normalized spacial score (nSPS) is 21.1. The van der Waals surface area contributed by atoms with Crippen molar-refractivity contribution < 1.29 is 9.59 Å². The number of fused-ring (bicyclic) bond motifs is 4. The Labute approximate surface area is 176 Å². The van der Waals surface area contributed by atoms with Gasteiger partial charge in [0.1, 0.15) is 6.04 Å². The fraction of sp³-hybridized carbons (Fsp3) is 0.360. The van der Waals surface area contributed by atoms with Gasteiger partial charge in [0.05, 0.1) is 12.6 Å². The van der Waals surface area contributed by atoms with Crippen LogP contribution in [0.25, 0.3) is 10.9 Å². The number of hydrogen-bond acceptors (Lipinski definition) is 2. The van der Waals surface area contributed by atoms with E-state index in [1.54, 1.807) is 4.90 Å². The highest BCUT2D eigenvalue weighted by atomic mass is 16.2. The van der Waals surface area contributed by atoms with Gasteiger partial charge in [-0.1, -0.05) is 55.8 Å². The van der Waals surface area contributed by atoms with Crippen LogP contribution < -0.4 is 0 Å². The molecule has 1 fully saturated rings. The van der Waals surface area contributed by atoms with Crippen LogP contribution in [0.2, 0.25) is 0 Å². The Kier molecular flexibility index (Phi) is 4.61. The average molecular weight is 402 g/mol. The largest absolute Gasteiger partial charge is 0.356 e. The number of aryl methyl sites for hydroxylation is 1. The fourth-order valence-corrected chi connectivity index (χ4v) is 5.08.